The average molecular weight is 501 g/mol. The van der Waals surface area contributed by atoms with E-state index in [2.05, 4.69) is 0 Å². The Morgan fingerprint density at radius 1 is 1.08 bits per heavy atom. The summed E-state index contributed by atoms with van der Waals surface area (Å²) < 4.78 is 11.1. The number of aliphatic hydroxyl groups excluding tert-OH is 1. The van der Waals surface area contributed by atoms with E-state index in [9.17, 15) is 19.8 Å². The number of aromatic hydroxyl groups is 1. The maximum absolute atomic E-state index is 13.7. The first-order chi connectivity index (χ1) is 17.3. The maximum atomic E-state index is 13.7. The Labute approximate surface area is 209 Å². The van der Waals surface area contributed by atoms with E-state index in [0.29, 0.717) is 38.6 Å². The molecule has 9 heteroatoms. The summed E-state index contributed by atoms with van der Waals surface area (Å²) in [6, 6.07) is 17.7. The molecule has 3 aromatic carbocycles. The van der Waals surface area contributed by atoms with Crippen LogP contribution in [0.15, 0.2) is 82.5 Å². The molecule has 36 heavy (non-hydrogen) atoms. The summed E-state index contributed by atoms with van der Waals surface area (Å²) in [6.07, 6.45) is 0. The van der Waals surface area contributed by atoms with E-state index in [1.165, 1.54) is 42.3 Å². The van der Waals surface area contributed by atoms with Gasteiger partial charge in [-0.3, -0.25) is 14.5 Å². The first-order valence-electron chi connectivity index (χ1n) is 10.7. The Bertz CT molecular complexity index is 1600. The van der Waals surface area contributed by atoms with Crippen LogP contribution in [-0.2, 0) is 4.79 Å². The summed E-state index contributed by atoms with van der Waals surface area (Å²) in [5.41, 5.74) is 1.31. The van der Waals surface area contributed by atoms with Gasteiger partial charge in [-0.2, -0.15) is 5.26 Å². The lowest BCUT2D eigenvalue weighted by molar-refractivity contribution is -0.117. The minimum absolute atomic E-state index is 0.00432. The molecule has 1 unspecified atom stereocenters. The Kier molecular flexibility index (Phi) is 5.63. The molecular weight excluding hydrogens is 484 g/mol. The summed E-state index contributed by atoms with van der Waals surface area (Å²) in [6.45, 7) is 0. The van der Waals surface area contributed by atoms with E-state index in [0.717, 1.165) is 0 Å². The lowest BCUT2D eigenvalue weighted by Gasteiger charge is -2.26. The van der Waals surface area contributed by atoms with E-state index >= 15 is 0 Å². The number of phenols is 1. The molecule has 0 fully saturated rings. The number of nitrogens with zero attached hydrogens (tertiary/aromatic N) is 2. The molecule has 1 amide bonds. The van der Waals surface area contributed by atoms with Gasteiger partial charge in [0.15, 0.2) is 22.9 Å². The Hall–Kier alpha value is -4.74. The number of ether oxygens (including phenoxy) is 1. The highest BCUT2D eigenvalue weighted by Crippen LogP contribution is 2.43. The van der Waals surface area contributed by atoms with Crippen molar-refractivity contribution in [3.8, 4) is 17.6 Å². The van der Waals surface area contributed by atoms with Crippen molar-refractivity contribution in [3.05, 3.63) is 100.0 Å². The molecule has 0 saturated heterocycles. The van der Waals surface area contributed by atoms with Gasteiger partial charge in [-0.05, 0) is 54.1 Å². The highest BCUT2D eigenvalue weighted by atomic mass is 35.5. The van der Waals surface area contributed by atoms with Crippen molar-refractivity contribution in [2.75, 3.05) is 12.0 Å². The Morgan fingerprint density at radius 2 is 1.78 bits per heavy atom. The quantitative estimate of drug-likeness (QED) is 0.349. The third-order valence-electron chi connectivity index (χ3n) is 5.93. The highest BCUT2D eigenvalue weighted by molar-refractivity contribution is 6.31. The predicted octanol–water partition coefficient (Wildman–Crippen LogP) is 5.45. The van der Waals surface area contributed by atoms with E-state index in [1.807, 2.05) is 6.07 Å². The fourth-order valence-corrected chi connectivity index (χ4v) is 4.47. The van der Waals surface area contributed by atoms with Crippen molar-refractivity contribution < 1.29 is 29.0 Å². The van der Waals surface area contributed by atoms with E-state index < -0.39 is 23.5 Å². The molecule has 2 N–H and O–H groups in total. The van der Waals surface area contributed by atoms with E-state index in [-0.39, 0.29) is 17.1 Å². The topological polar surface area (TPSA) is 124 Å². The monoisotopic (exact) mass is 500 g/mol. The summed E-state index contributed by atoms with van der Waals surface area (Å²) in [5, 5.41) is 30.7. The molecule has 0 saturated carbocycles. The number of carbonyl (C=O) groups is 2. The molecule has 1 atom stereocenters. The number of hydrogen-bond acceptors (Lipinski definition) is 7. The smallest absolute Gasteiger partial charge is 0.294 e. The molecule has 0 spiro atoms. The summed E-state index contributed by atoms with van der Waals surface area (Å²) >= 11 is 6.14. The minimum Gasteiger partial charge on any atom is -0.508 e. The SMILES string of the molecule is COc1cc(Cl)cc2cc(C(=O)C3=C(O)C(=O)N(c4ccc(C#N)cc4)C3c3ccc(O)cc3)oc12. The van der Waals surface area contributed by atoms with Crippen molar-refractivity contribution in [3.63, 3.8) is 0 Å². The highest BCUT2D eigenvalue weighted by Gasteiger charge is 2.45. The Balaban J connectivity index is 1.66. The van der Waals surface area contributed by atoms with Gasteiger partial charge >= 0.3 is 0 Å². The van der Waals surface area contributed by atoms with Crippen LogP contribution in [-0.4, -0.2) is 29.0 Å². The molecule has 0 radical (unpaired) electrons. The summed E-state index contributed by atoms with van der Waals surface area (Å²) in [4.78, 5) is 28.2. The van der Waals surface area contributed by atoms with Crippen LogP contribution in [0.5, 0.6) is 11.5 Å². The number of phenolic OH excluding ortho intramolecular Hbond substituents is 1. The molecule has 1 aliphatic heterocycles. The van der Waals surface area contributed by atoms with Crippen molar-refractivity contribution in [2.45, 2.75) is 6.04 Å². The standard InChI is InChI=1S/C27H17ClN2O6/c1-35-21-12-17(28)10-16-11-20(36-26(16)21)24(32)22-23(15-4-8-19(31)9-5-15)30(27(34)25(22)33)18-6-2-14(13-29)3-7-18/h2-12,23,31,33H,1H3. The number of rotatable bonds is 5. The second-order valence-corrected chi connectivity index (χ2v) is 8.49. The lowest BCUT2D eigenvalue weighted by Crippen LogP contribution is -2.31. The van der Waals surface area contributed by atoms with Gasteiger partial charge in [0.1, 0.15) is 5.75 Å². The first kappa shape index (κ1) is 23.0. The molecule has 1 aliphatic rings. The third-order valence-corrected chi connectivity index (χ3v) is 6.15. The number of aliphatic hydroxyl groups is 1. The van der Waals surface area contributed by atoms with Crippen LogP contribution >= 0.6 is 11.6 Å². The van der Waals surface area contributed by atoms with Crippen LogP contribution < -0.4 is 9.64 Å². The fraction of sp³-hybridized carbons (Fsp3) is 0.0741. The molecule has 2 heterocycles. The van der Waals surface area contributed by atoms with Gasteiger partial charge in [0.2, 0.25) is 5.78 Å². The number of anilines is 1. The van der Waals surface area contributed by atoms with Crippen LogP contribution in [0.25, 0.3) is 11.0 Å². The second-order valence-electron chi connectivity index (χ2n) is 8.06. The first-order valence-corrected chi connectivity index (χ1v) is 11.1. The number of amides is 1. The van der Waals surface area contributed by atoms with Crippen LogP contribution in [0.4, 0.5) is 5.69 Å². The molecule has 4 aromatic rings. The number of carbonyl (C=O) groups excluding carboxylic acids is 2. The molecule has 1 aromatic heterocycles. The number of nitriles is 1. The van der Waals surface area contributed by atoms with Gasteiger partial charge in [-0.1, -0.05) is 23.7 Å². The van der Waals surface area contributed by atoms with Gasteiger partial charge in [-0.15, -0.1) is 0 Å². The van der Waals surface area contributed by atoms with E-state index in [1.54, 1.807) is 36.4 Å². The van der Waals surface area contributed by atoms with Crippen molar-refractivity contribution in [1.82, 2.24) is 0 Å². The number of ketones is 1. The van der Waals surface area contributed by atoms with Gasteiger partial charge < -0.3 is 19.4 Å². The predicted molar refractivity (Wildman–Crippen MR) is 131 cm³/mol. The Morgan fingerprint density at radius 3 is 2.42 bits per heavy atom. The summed E-state index contributed by atoms with van der Waals surface area (Å²) in [7, 11) is 1.44. The lowest BCUT2D eigenvalue weighted by atomic mass is 9.94. The largest absolute Gasteiger partial charge is 0.508 e. The number of methoxy groups -OCH3 is 1. The number of hydrogen-bond donors (Lipinski definition) is 2. The normalized spacial score (nSPS) is 15.4. The molecule has 178 valence electrons. The number of benzene rings is 3. The molecule has 5 rings (SSSR count). The molecule has 8 nitrogen and oxygen atoms in total. The summed E-state index contributed by atoms with van der Waals surface area (Å²) in [5.74, 6) is -2.03. The van der Waals surface area contributed by atoms with Crippen LogP contribution in [0.2, 0.25) is 5.02 Å². The van der Waals surface area contributed by atoms with Crippen molar-refractivity contribution in [1.29, 1.82) is 5.26 Å². The zero-order valence-electron chi connectivity index (χ0n) is 18.7. The molecular formula is C27H17ClN2O6. The van der Waals surface area contributed by atoms with Crippen LogP contribution in [0, 0.1) is 11.3 Å². The van der Waals surface area contributed by atoms with Gasteiger partial charge in [0.05, 0.1) is 30.4 Å². The van der Waals surface area contributed by atoms with Crippen molar-refractivity contribution in [2.24, 2.45) is 0 Å². The number of fused-ring (bicyclic) bond motifs is 1. The fourth-order valence-electron chi connectivity index (χ4n) is 4.25. The van der Waals surface area contributed by atoms with Crippen molar-refractivity contribution >= 4 is 39.9 Å². The van der Waals surface area contributed by atoms with E-state index in [4.69, 9.17) is 26.0 Å². The van der Waals surface area contributed by atoms with Gasteiger partial charge in [-0.25, -0.2) is 0 Å². The second kappa shape index (κ2) is 8.80. The number of halogens is 1. The molecule has 0 aliphatic carbocycles. The molecule has 0 bridgehead atoms. The van der Waals surface area contributed by atoms with Crippen LogP contribution in [0.1, 0.15) is 27.7 Å². The zero-order valence-corrected chi connectivity index (χ0v) is 19.5. The average Bonchev–Trinajstić information content (AvgIpc) is 3.42. The zero-order chi connectivity index (χ0) is 25.6. The van der Waals surface area contributed by atoms with Gasteiger partial charge in [0, 0.05) is 22.2 Å². The third kappa shape index (κ3) is 3.72. The number of Topliss-reactive ketones (excluding diaryl/α,β-unsaturated/α-hetero) is 1. The number of furan rings is 1. The van der Waals surface area contributed by atoms with Crippen LogP contribution in [0.3, 0.4) is 0 Å². The minimum atomic E-state index is -1.03. The van der Waals surface area contributed by atoms with Gasteiger partial charge in [0.25, 0.3) is 5.91 Å². The maximum Gasteiger partial charge on any atom is 0.294 e.